The maximum atomic E-state index is 13.1. The van der Waals surface area contributed by atoms with Crippen molar-refractivity contribution in [1.82, 2.24) is 15.2 Å². The Morgan fingerprint density at radius 1 is 1.11 bits per heavy atom. The van der Waals surface area contributed by atoms with Crippen LogP contribution in [0.4, 0.5) is 13.2 Å². The van der Waals surface area contributed by atoms with Crippen molar-refractivity contribution in [3.8, 4) is 0 Å². The van der Waals surface area contributed by atoms with Crippen LogP contribution in [0.1, 0.15) is 45.4 Å². The molecule has 0 unspecified atom stereocenters. The fourth-order valence-corrected chi connectivity index (χ4v) is 4.76. The summed E-state index contributed by atoms with van der Waals surface area (Å²) in [5, 5.41) is 4.92. The lowest BCUT2D eigenvalue weighted by Crippen LogP contribution is -2.40. The van der Waals surface area contributed by atoms with E-state index in [1.54, 1.807) is 17.4 Å². The van der Waals surface area contributed by atoms with Crippen molar-refractivity contribution in [1.29, 1.82) is 0 Å². The molecule has 8 nitrogen and oxygen atoms in total. The van der Waals surface area contributed by atoms with Crippen LogP contribution in [-0.4, -0.2) is 74.9 Å². The Morgan fingerprint density at radius 2 is 1.81 bits per heavy atom. The summed E-state index contributed by atoms with van der Waals surface area (Å²) >= 11 is 1.35. The minimum Gasteiger partial charge on any atom is -0.382 e. The van der Waals surface area contributed by atoms with Crippen LogP contribution in [0, 0.1) is 0 Å². The van der Waals surface area contributed by atoms with E-state index in [4.69, 9.17) is 14.2 Å². The third kappa shape index (κ3) is 8.26. The number of piperidine rings is 1. The first kappa shape index (κ1) is 28.0. The van der Waals surface area contributed by atoms with Crippen LogP contribution in [0.25, 0.3) is 0 Å². The van der Waals surface area contributed by atoms with Gasteiger partial charge in [0.1, 0.15) is 12.3 Å². The summed E-state index contributed by atoms with van der Waals surface area (Å²) in [6, 6.07) is 5.14. The molecule has 1 N–H and O–H groups in total. The Balaban J connectivity index is 1.41. The van der Waals surface area contributed by atoms with Crippen molar-refractivity contribution in [2.45, 2.75) is 31.5 Å². The highest BCUT2D eigenvalue weighted by Gasteiger charge is 2.33. The number of hydrogen-bond donors (Lipinski definition) is 1. The number of ether oxygens (including phenoxy) is 3. The zero-order valence-electron chi connectivity index (χ0n) is 20.0. The van der Waals surface area contributed by atoms with E-state index in [1.807, 2.05) is 0 Å². The minimum absolute atomic E-state index is 0.00264. The normalized spacial score (nSPS) is 14.7. The zero-order chi connectivity index (χ0) is 26.0. The fraction of sp³-hybridized carbons (Fsp3) is 0.542. The number of amides is 2. The number of alkyl halides is 3. The highest BCUT2D eigenvalue weighted by atomic mass is 32.1. The minimum atomic E-state index is -4.49. The number of nitrogens with one attached hydrogen (secondary N) is 1. The van der Waals surface area contributed by atoms with Gasteiger partial charge >= 0.3 is 6.18 Å². The molecule has 3 rings (SSSR count). The summed E-state index contributed by atoms with van der Waals surface area (Å²) in [4.78, 5) is 31.0. The van der Waals surface area contributed by atoms with E-state index >= 15 is 0 Å². The third-order valence-corrected chi connectivity index (χ3v) is 6.75. The van der Waals surface area contributed by atoms with Gasteiger partial charge in [0.2, 0.25) is 5.91 Å². The zero-order valence-corrected chi connectivity index (χ0v) is 20.8. The van der Waals surface area contributed by atoms with Crippen LogP contribution in [0.2, 0.25) is 0 Å². The Kier molecular flexibility index (Phi) is 10.7. The summed E-state index contributed by atoms with van der Waals surface area (Å²) in [6.45, 7) is 2.59. The molecular weight excluding hydrogens is 499 g/mol. The Bertz CT molecular complexity index is 993. The van der Waals surface area contributed by atoms with E-state index in [0.717, 1.165) is 11.1 Å². The second-order valence-electron chi connectivity index (χ2n) is 8.22. The van der Waals surface area contributed by atoms with Crippen molar-refractivity contribution >= 4 is 23.2 Å². The van der Waals surface area contributed by atoms with Crippen molar-refractivity contribution in [3.63, 3.8) is 0 Å². The smallest absolute Gasteiger partial charge is 0.382 e. The van der Waals surface area contributed by atoms with Gasteiger partial charge in [-0.3, -0.25) is 9.59 Å². The van der Waals surface area contributed by atoms with Gasteiger partial charge in [-0.15, -0.1) is 11.3 Å². The number of carbonyl (C=O) groups is 2. The molecule has 0 bridgehead atoms. The van der Waals surface area contributed by atoms with E-state index < -0.39 is 17.6 Å². The van der Waals surface area contributed by atoms with Gasteiger partial charge in [0.15, 0.2) is 0 Å². The molecule has 198 valence electrons. The molecule has 0 atom stereocenters. The van der Waals surface area contributed by atoms with Crippen molar-refractivity contribution < 1.29 is 37.0 Å². The summed E-state index contributed by atoms with van der Waals surface area (Å²) in [5.74, 6) is -0.490. The number of methoxy groups -OCH3 is 1. The number of benzene rings is 1. The summed E-state index contributed by atoms with van der Waals surface area (Å²) in [5.41, 5.74) is -0.598. The number of halogens is 3. The van der Waals surface area contributed by atoms with Crippen molar-refractivity contribution in [2.75, 3.05) is 53.2 Å². The molecule has 1 aliphatic heterocycles. The molecule has 0 saturated carbocycles. The first-order valence-corrected chi connectivity index (χ1v) is 12.5. The molecular formula is C24H30F3N3O5S. The largest absolute Gasteiger partial charge is 0.416 e. The maximum absolute atomic E-state index is 13.1. The van der Waals surface area contributed by atoms with Gasteiger partial charge < -0.3 is 24.4 Å². The van der Waals surface area contributed by atoms with Gasteiger partial charge in [0, 0.05) is 38.0 Å². The molecule has 1 aromatic carbocycles. The number of thiazole rings is 1. The molecule has 0 aliphatic carbocycles. The maximum Gasteiger partial charge on any atom is 0.416 e. The number of nitrogens with zero attached hydrogens (tertiary/aromatic N) is 2. The van der Waals surface area contributed by atoms with Gasteiger partial charge in [-0.1, -0.05) is 18.2 Å². The molecule has 1 aromatic heterocycles. The average molecular weight is 530 g/mol. The van der Waals surface area contributed by atoms with Gasteiger partial charge in [0.25, 0.3) is 5.91 Å². The molecule has 1 fully saturated rings. The number of hydrogen-bond acceptors (Lipinski definition) is 7. The van der Waals surface area contributed by atoms with Gasteiger partial charge in [-0.2, -0.15) is 13.2 Å². The lowest BCUT2D eigenvalue weighted by molar-refractivity contribution is -0.138. The van der Waals surface area contributed by atoms with E-state index in [0.29, 0.717) is 52.4 Å². The van der Waals surface area contributed by atoms with Crippen LogP contribution in [0.15, 0.2) is 29.6 Å². The van der Waals surface area contributed by atoms with Crippen LogP contribution in [0.5, 0.6) is 0 Å². The first-order valence-electron chi connectivity index (χ1n) is 11.6. The predicted molar refractivity (Wildman–Crippen MR) is 127 cm³/mol. The molecule has 2 aromatic rings. The molecule has 1 aliphatic rings. The summed E-state index contributed by atoms with van der Waals surface area (Å²) in [7, 11) is 1.59. The predicted octanol–water partition coefficient (Wildman–Crippen LogP) is 3.48. The van der Waals surface area contributed by atoms with Gasteiger partial charge in [-0.05, 0) is 24.5 Å². The van der Waals surface area contributed by atoms with E-state index in [-0.39, 0.29) is 36.2 Å². The van der Waals surface area contributed by atoms with Crippen LogP contribution >= 0.6 is 11.3 Å². The Morgan fingerprint density at radius 3 is 2.53 bits per heavy atom. The molecule has 1 saturated heterocycles. The van der Waals surface area contributed by atoms with Gasteiger partial charge in [0.05, 0.1) is 37.0 Å². The van der Waals surface area contributed by atoms with Crippen molar-refractivity contribution in [2.24, 2.45) is 0 Å². The molecule has 0 spiro atoms. The van der Waals surface area contributed by atoms with Crippen LogP contribution in [-0.2, 0) is 31.7 Å². The van der Waals surface area contributed by atoms with E-state index in [9.17, 15) is 22.8 Å². The van der Waals surface area contributed by atoms with Crippen LogP contribution < -0.4 is 5.32 Å². The third-order valence-electron chi connectivity index (χ3n) is 5.74. The standard InChI is InChI=1S/C24H30F3N3O5S/c1-33-10-11-34-12-13-35-15-21(31)30-8-6-17(7-9-30)23-29-20(16-36-23)22(32)28-14-18-4-2-3-5-19(18)24(25,26)27/h2-5,16-17H,6-15H2,1H3,(H,28,32). The van der Waals surface area contributed by atoms with E-state index in [1.165, 1.54) is 29.5 Å². The second kappa shape index (κ2) is 13.7. The summed E-state index contributed by atoms with van der Waals surface area (Å²) < 4.78 is 55.0. The lowest BCUT2D eigenvalue weighted by Gasteiger charge is -2.31. The lowest BCUT2D eigenvalue weighted by atomic mass is 9.97. The van der Waals surface area contributed by atoms with Gasteiger partial charge in [-0.25, -0.2) is 4.98 Å². The SMILES string of the molecule is COCCOCCOCC(=O)N1CCC(c2nc(C(=O)NCc3ccccc3C(F)(F)F)cs2)CC1. The van der Waals surface area contributed by atoms with Crippen LogP contribution in [0.3, 0.4) is 0 Å². The molecule has 0 radical (unpaired) electrons. The average Bonchev–Trinajstić information content (AvgIpc) is 3.37. The quantitative estimate of drug-likeness (QED) is 0.424. The number of rotatable bonds is 12. The highest BCUT2D eigenvalue weighted by molar-refractivity contribution is 7.09. The highest BCUT2D eigenvalue weighted by Crippen LogP contribution is 2.32. The molecule has 36 heavy (non-hydrogen) atoms. The Hall–Kier alpha value is -2.54. The topological polar surface area (TPSA) is 90.0 Å². The number of aromatic nitrogens is 1. The Labute approximate surface area is 211 Å². The number of carbonyl (C=O) groups excluding carboxylic acids is 2. The first-order chi connectivity index (χ1) is 17.3. The molecule has 2 heterocycles. The second-order valence-corrected chi connectivity index (χ2v) is 9.11. The van der Waals surface area contributed by atoms with Crippen molar-refractivity contribution in [3.05, 3.63) is 51.5 Å². The summed E-state index contributed by atoms with van der Waals surface area (Å²) in [6.07, 6.45) is -3.07. The fourth-order valence-electron chi connectivity index (χ4n) is 3.79. The molecule has 12 heteroatoms. The monoisotopic (exact) mass is 529 g/mol. The number of likely N-dealkylation sites (tertiary alicyclic amines) is 1. The van der Waals surface area contributed by atoms with E-state index in [2.05, 4.69) is 10.3 Å². The molecule has 2 amide bonds.